The van der Waals surface area contributed by atoms with Crippen molar-refractivity contribution >= 4 is 94.2 Å². The van der Waals surface area contributed by atoms with Gasteiger partial charge in [-0.05, 0) is 74.8 Å². The molecule has 328 valence electrons. The Morgan fingerprint density at radius 3 is 1.17 bits per heavy atom. The van der Waals surface area contributed by atoms with Gasteiger partial charge < -0.3 is 13.7 Å². The molecule has 14 aromatic rings. The van der Waals surface area contributed by atoms with Gasteiger partial charge in [-0.15, -0.1) is 0 Å². The maximum absolute atomic E-state index is 3.01. The van der Waals surface area contributed by atoms with E-state index in [0.29, 0.717) is 0 Å². The summed E-state index contributed by atoms with van der Waals surface area (Å²) in [6.07, 6.45) is 0. The standard InChI is InChI=1S/C66H45N3Si/c1-5-23-46(24-6-1)52-31-13-18-36-59(52)68-61-38-20-16-34-55(61)57-42-41-47(43-64(57)68)67-60-37-19-17-35-56(60)58-44-51(45-65(66(58)67)69-62-39-21-14-32-53(62)54-33-15-22-40-63(54)69)70(48-25-7-2-8-26-48,49-27-9-3-10-28-49)50-29-11-4-12-30-50/h1-45H. The molecule has 3 heterocycles. The first-order valence-electron chi connectivity index (χ1n) is 24.2. The molecule has 0 radical (unpaired) electrons. The molecule has 4 heteroatoms. The Hall–Kier alpha value is -8.96. The number of benzene rings is 11. The van der Waals surface area contributed by atoms with Gasteiger partial charge in [0.25, 0.3) is 0 Å². The van der Waals surface area contributed by atoms with Crippen LogP contribution in [0, 0.1) is 0 Å². The third kappa shape index (κ3) is 5.94. The molecular weight excluding hydrogens is 863 g/mol. The zero-order valence-corrected chi connectivity index (χ0v) is 39.3. The molecular formula is C66H45N3Si. The maximum atomic E-state index is 2.57. The molecule has 0 spiro atoms. The molecule has 0 saturated heterocycles. The number of fused-ring (bicyclic) bond motifs is 9. The lowest BCUT2D eigenvalue weighted by atomic mass is 10.0. The molecule has 0 fully saturated rings. The van der Waals surface area contributed by atoms with E-state index in [4.69, 9.17) is 0 Å². The lowest BCUT2D eigenvalue weighted by Gasteiger charge is -2.35. The molecule has 3 aromatic heterocycles. The van der Waals surface area contributed by atoms with Crippen molar-refractivity contribution in [2.24, 2.45) is 0 Å². The first kappa shape index (κ1) is 40.1. The van der Waals surface area contributed by atoms with Crippen LogP contribution in [0.15, 0.2) is 273 Å². The zero-order chi connectivity index (χ0) is 46.2. The van der Waals surface area contributed by atoms with E-state index in [-0.39, 0.29) is 0 Å². The molecule has 0 aliphatic rings. The Bertz CT molecular complexity index is 4130. The number of hydrogen-bond acceptors (Lipinski definition) is 0. The topological polar surface area (TPSA) is 14.8 Å². The Morgan fingerprint density at radius 2 is 0.643 bits per heavy atom. The van der Waals surface area contributed by atoms with Crippen LogP contribution in [0.2, 0.25) is 0 Å². The number of aromatic nitrogens is 3. The Kier molecular flexibility index (Phi) is 9.23. The summed E-state index contributed by atoms with van der Waals surface area (Å²) in [4.78, 5) is 0. The second-order valence-electron chi connectivity index (χ2n) is 18.4. The van der Waals surface area contributed by atoms with E-state index in [0.717, 1.165) is 28.1 Å². The van der Waals surface area contributed by atoms with Gasteiger partial charge in [-0.1, -0.05) is 224 Å². The maximum Gasteiger partial charge on any atom is 0.179 e. The summed E-state index contributed by atoms with van der Waals surface area (Å²) in [6.45, 7) is 0. The Morgan fingerprint density at radius 1 is 0.243 bits per heavy atom. The second-order valence-corrected chi connectivity index (χ2v) is 22.2. The van der Waals surface area contributed by atoms with Crippen molar-refractivity contribution in [1.82, 2.24) is 13.7 Å². The zero-order valence-electron chi connectivity index (χ0n) is 38.3. The normalized spacial score (nSPS) is 12.0. The number of rotatable bonds is 8. The average molecular weight is 908 g/mol. The van der Waals surface area contributed by atoms with Crippen LogP contribution in [0.3, 0.4) is 0 Å². The minimum atomic E-state index is -3.01. The van der Waals surface area contributed by atoms with E-state index in [1.165, 1.54) is 86.3 Å². The summed E-state index contributed by atoms with van der Waals surface area (Å²) in [5, 5.41) is 12.7. The third-order valence-corrected chi connectivity index (χ3v) is 19.5. The second kappa shape index (κ2) is 16.1. The minimum absolute atomic E-state index is 1.10. The monoisotopic (exact) mass is 907 g/mol. The molecule has 70 heavy (non-hydrogen) atoms. The van der Waals surface area contributed by atoms with Gasteiger partial charge >= 0.3 is 0 Å². The predicted octanol–water partition coefficient (Wildman–Crippen LogP) is 14.0. The first-order valence-corrected chi connectivity index (χ1v) is 26.2. The Balaban J connectivity index is 1.15. The van der Waals surface area contributed by atoms with Crippen LogP contribution in [-0.4, -0.2) is 21.8 Å². The highest BCUT2D eigenvalue weighted by Gasteiger charge is 2.42. The van der Waals surface area contributed by atoms with Crippen molar-refractivity contribution in [2.45, 2.75) is 0 Å². The molecule has 0 unspecified atom stereocenters. The van der Waals surface area contributed by atoms with Crippen LogP contribution in [0.4, 0.5) is 0 Å². The largest absolute Gasteiger partial charge is 0.309 e. The van der Waals surface area contributed by atoms with Crippen molar-refractivity contribution in [3.8, 4) is 28.2 Å². The van der Waals surface area contributed by atoms with Gasteiger partial charge in [0.2, 0.25) is 0 Å². The summed E-state index contributed by atoms with van der Waals surface area (Å²) >= 11 is 0. The van der Waals surface area contributed by atoms with Crippen LogP contribution in [0.1, 0.15) is 0 Å². The van der Waals surface area contributed by atoms with Crippen LogP contribution < -0.4 is 20.7 Å². The molecule has 0 amide bonds. The Labute approximate surface area is 407 Å². The van der Waals surface area contributed by atoms with Gasteiger partial charge in [0.1, 0.15) is 0 Å². The van der Waals surface area contributed by atoms with Crippen LogP contribution in [0.5, 0.6) is 0 Å². The third-order valence-electron chi connectivity index (χ3n) is 14.8. The molecule has 3 nitrogen and oxygen atoms in total. The van der Waals surface area contributed by atoms with Crippen LogP contribution in [0.25, 0.3) is 93.6 Å². The lowest BCUT2D eigenvalue weighted by Crippen LogP contribution is -2.74. The summed E-state index contributed by atoms with van der Waals surface area (Å²) in [5.74, 6) is 0. The van der Waals surface area contributed by atoms with Crippen molar-refractivity contribution in [1.29, 1.82) is 0 Å². The number of hydrogen-bond donors (Lipinski definition) is 0. The fourth-order valence-corrected chi connectivity index (χ4v) is 16.7. The summed E-state index contributed by atoms with van der Waals surface area (Å²) in [7, 11) is -3.01. The van der Waals surface area contributed by atoms with Crippen LogP contribution >= 0.6 is 0 Å². The molecule has 11 aromatic carbocycles. The fraction of sp³-hybridized carbons (Fsp3) is 0. The molecule has 0 aliphatic heterocycles. The number of nitrogens with zero attached hydrogens (tertiary/aromatic N) is 3. The summed E-state index contributed by atoms with van der Waals surface area (Å²) < 4.78 is 7.59. The predicted molar refractivity (Wildman–Crippen MR) is 299 cm³/mol. The summed E-state index contributed by atoms with van der Waals surface area (Å²) in [5.41, 5.74) is 12.8. The first-order chi connectivity index (χ1) is 34.8. The van der Waals surface area contributed by atoms with Gasteiger partial charge in [0.15, 0.2) is 8.07 Å². The van der Waals surface area contributed by atoms with E-state index < -0.39 is 8.07 Å². The van der Waals surface area contributed by atoms with Gasteiger partial charge in [-0.3, -0.25) is 0 Å². The fourth-order valence-electron chi connectivity index (χ4n) is 11.9. The molecule has 0 N–H and O–H groups in total. The molecule has 0 aliphatic carbocycles. The lowest BCUT2D eigenvalue weighted by molar-refractivity contribution is 1.13. The molecule has 14 rings (SSSR count). The number of para-hydroxylation sites is 5. The van der Waals surface area contributed by atoms with Crippen molar-refractivity contribution in [3.05, 3.63) is 273 Å². The highest BCUT2D eigenvalue weighted by Crippen LogP contribution is 2.42. The minimum Gasteiger partial charge on any atom is -0.309 e. The van der Waals surface area contributed by atoms with E-state index >= 15 is 0 Å². The van der Waals surface area contributed by atoms with E-state index in [2.05, 4.69) is 287 Å². The van der Waals surface area contributed by atoms with Crippen LogP contribution in [-0.2, 0) is 0 Å². The summed E-state index contributed by atoms with van der Waals surface area (Å²) in [6, 6.07) is 102. The van der Waals surface area contributed by atoms with Gasteiger partial charge in [-0.25, -0.2) is 0 Å². The van der Waals surface area contributed by atoms with Crippen molar-refractivity contribution in [3.63, 3.8) is 0 Å². The quantitative estimate of drug-likeness (QED) is 0.107. The molecule has 0 saturated carbocycles. The van der Waals surface area contributed by atoms with E-state index in [9.17, 15) is 0 Å². The van der Waals surface area contributed by atoms with Crippen molar-refractivity contribution in [2.75, 3.05) is 0 Å². The van der Waals surface area contributed by atoms with E-state index in [1.807, 2.05) is 0 Å². The van der Waals surface area contributed by atoms with E-state index in [1.54, 1.807) is 0 Å². The van der Waals surface area contributed by atoms with Gasteiger partial charge in [0.05, 0.1) is 44.5 Å². The SMILES string of the molecule is c1ccc(-c2ccccc2-n2c3ccccc3c3ccc(-n4c5ccccc5c5cc([Si](c6ccccc6)(c6ccccc6)c6ccccc6)cc(-n6c7ccccc7c7ccccc76)c54)cc32)cc1. The highest BCUT2D eigenvalue weighted by molar-refractivity contribution is 7.20. The van der Waals surface area contributed by atoms with Crippen molar-refractivity contribution < 1.29 is 0 Å². The highest BCUT2D eigenvalue weighted by atomic mass is 28.3. The smallest absolute Gasteiger partial charge is 0.179 e. The average Bonchev–Trinajstić information content (AvgIpc) is 4.08. The molecule has 0 bridgehead atoms. The van der Waals surface area contributed by atoms with Gasteiger partial charge in [-0.2, -0.15) is 0 Å². The van der Waals surface area contributed by atoms with Gasteiger partial charge in [0, 0.05) is 43.6 Å². The molecule has 0 atom stereocenters.